The van der Waals surface area contributed by atoms with E-state index in [1.807, 2.05) is 0 Å². The smallest absolute Gasteiger partial charge is 0.376 e. The number of carbonyl (C=O) groups is 3. The zero-order valence-electron chi connectivity index (χ0n) is 23.9. The SMILES string of the molecule is CC(=O)OC1C(=O)OC2C3OC4(OC3OC12)C1CC2CC4CC(COC(=O)C(C)(F)F)(C2)C1.CCN(CC)CC. The molecule has 0 aromatic carbocycles. The summed E-state index contributed by atoms with van der Waals surface area (Å²) in [6.45, 7) is 11.8. The van der Waals surface area contributed by atoms with E-state index in [2.05, 4.69) is 25.7 Å². The fraction of sp³-hybridized carbons (Fsp3) is 0.893. The van der Waals surface area contributed by atoms with E-state index < -0.39 is 60.3 Å². The predicted octanol–water partition coefficient (Wildman–Crippen LogP) is 3.05. The molecule has 7 unspecified atom stereocenters. The Kier molecular flexibility index (Phi) is 7.95. The van der Waals surface area contributed by atoms with Crippen LogP contribution in [0, 0.1) is 23.2 Å². The van der Waals surface area contributed by atoms with Crippen molar-refractivity contribution in [1.29, 1.82) is 0 Å². The van der Waals surface area contributed by atoms with Crippen molar-refractivity contribution in [3.8, 4) is 0 Å². The van der Waals surface area contributed by atoms with Gasteiger partial charge in [-0.1, -0.05) is 20.8 Å². The Morgan fingerprint density at radius 3 is 2.15 bits per heavy atom. The van der Waals surface area contributed by atoms with Crippen LogP contribution in [0.5, 0.6) is 0 Å². The number of halogens is 2. The summed E-state index contributed by atoms with van der Waals surface area (Å²) in [6.07, 6.45) is -0.238. The summed E-state index contributed by atoms with van der Waals surface area (Å²) >= 11 is 0. The summed E-state index contributed by atoms with van der Waals surface area (Å²) in [5, 5.41) is 0. The van der Waals surface area contributed by atoms with Gasteiger partial charge in [-0.3, -0.25) is 4.79 Å². The number of fused-ring (bicyclic) bond motifs is 3. The van der Waals surface area contributed by atoms with E-state index in [1.54, 1.807) is 0 Å². The molecule has 0 radical (unpaired) electrons. The largest absolute Gasteiger partial charge is 0.461 e. The molecule has 0 N–H and O–H groups in total. The molecule has 7 fully saturated rings. The minimum Gasteiger partial charge on any atom is -0.461 e. The van der Waals surface area contributed by atoms with E-state index in [1.165, 1.54) is 26.6 Å². The third-order valence-electron chi connectivity index (χ3n) is 9.57. The van der Waals surface area contributed by atoms with E-state index >= 15 is 0 Å². The lowest BCUT2D eigenvalue weighted by Crippen LogP contribution is -2.63. The molecular weight excluding hydrogens is 532 g/mol. The first-order valence-electron chi connectivity index (χ1n) is 14.5. The van der Waals surface area contributed by atoms with E-state index in [0.29, 0.717) is 25.7 Å². The standard InChI is InChI=1S/C22H26F2O9.C6H15N/c1-9(25)29-15-13-14(30-17(15)26)16-18(31-13)33-22(32-16)11-3-10-4-12(22)7-21(5-10,6-11)8-28-19(27)20(2,23)24;1-4-7(5-2)6-3/h10-16,18H,3-8H2,1-2H3;4-6H2,1-3H3. The second-order valence-electron chi connectivity index (χ2n) is 12.3. The molecule has 10 nitrogen and oxygen atoms in total. The van der Waals surface area contributed by atoms with Crippen LogP contribution >= 0.6 is 0 Å². The molecule has 7 atom stereocenters. The Morgan fingerprint density at radius 2 is 1.62 bits per heavy atom. The van der Waals surface area contributed by atoms with Crippen molar-refractivity contribution < 1.29 is 51.6 Å². The molecule has 7 rings (SSSR count). The Hall–Kier alpha value is -1.89. The molecule has 4 aliphatic carbocycles. The van der Waals surface area contributed by atoms with Crippen LogP contribution in [-0.2, 0) is 42.8 Å². The lowest BCUT2D eigenvalue weighted by molar-refractivity contribution is -0.337. The average Bonchev–Trinajstić information content (AvgIpc) is 3.50. The maximum Gasteiger partial charge on any atom is 0.376 e. The predicted molar refractivity (Wildman–Crippen MR) is 134 cm³/mol. The van der Waals surface area contributed by atoms with Gasteiger partial charge in [-0.25, -0.2) is 9.59 Å². The summed E-state index contributed by atoms with van der Waals surface area (Å²) in [5.41, 5.74) is -0.364. The van der Waals surface area contributed by atoms with Crippen LogP contribution in [0.4, 0.5) is 8.78 Å². The lowest BCUT2D eigenvalue weighted by Gasteiger charge is -2.62. The first-order valence-corrected chi connectivity index (χ1v) is 14.5. The zero-order chi connectivity index (χ0) is 29.0. The summed E-state index contributed by atoms with van der Waals surface area (Å²) in [6, 6.07) is 0. The number of nitrogens with zero attached hydrogens (tertiary/aromatic N) is 1. The molecule has 0 amide bonds. The van der Waals surface area contributed by atoms with E-state index in [4.69, 9.17) is 28.4 Å². The monoisotopic (exact) mass is 573 g/mol. The molecule has 7 aliphatic rings. The van der Waals surface area contributed by atoms with Crippen LogP contribution in [0.3, 0.4) is 0 Å². The highest BCUT2D eigenvalue weighted by Crippen LogP contribution is 2.67. The van der Waals surface area contributed by atoms with Crippen molar-refractivity contribution in [2.24, 2.45) is 23.2 Å². The number of hydrogen-bond donors (Lipinski definition) is 0. The molecule has 4 saturated carbocycles. The van der Waals surface area contributed by atoms with Crippen molar-refractivity contribution in [3.63, 3.8) is 0 Å². The molecule has 4 bridgehead atoms. The number of carbonyl (C=O) groups excluding carboxylic acids is 3. The second-order valence-corrected chi connectivity index (χ2v) is 12.3. The topological polar surface area (TPSA) is 110 Å². The Balaban J connectivity index is 0.000000411. The van der Waals surface area contributed by atoms with Crippen LogP contribution in [-0.4, -0.2) is 91.5 Å². The highest BCUT2D eigenvalue weighted by atomic mass is 19.3. The number of alkyl halides is 2. The van der Waals surface area contributed by atoms with Crippen LogP contribution in [0.25, 0.3) is 0 Å². The van der Waals surface area contributed by atoms with Gasteiger partial charge in [-0.05, 0) is 57.7 Å². The summed E-state index contributed by atoms with van der Waals surface area (Å²) in [4.78, 5) is 37.6. The van der Waals surface area contributed by atoms with Gasteiger partial charge in [0.25, 0.3) is 0 Å². The van der Waals surface area contributed by atoms with Crippen molar-refractivity contribution in [1.82, 2.24) is 4.90 Å². The number of hydrogen-bond acceptors (Lipinski definition) is 10. The Bertz CT molecular complexity index is 977. The van der Waals surface area contributed by atoms with Crippen LogP contribution in [0.1, 0.15) is 66.7 Å². The highest BCUT2D eigenvalue weighted by molar-refractivity contribution is 5.81. The van der Waals surface area contributed by atoms with Crippen molar-refractivity contribution in [2.75, 3.05) is 26.2 Å². The summed E-state index contributed by atoms with van der Waals surface area (Å²) in [5.74, 6) is -6.85. The molecule has 0 aromatic heterocycles. The van der Waals surface area contributed by atoms with E-state index in [9.17, 15) is 23.2 Å². The van der Waals surface area contributed by atoms with Crippen molar-refractivity contribution >= 4 is 17.9 Å². The van der Waals surface area contributed by atoms with Gasteiger partial charge in [0.05, 0.1) is 6.61 Å². The maximum absolute atomic E-state index is 13.3. The molecule has 3 aliphatic heterocycles. The van der Waals surface area contributed by atoms with Crippen LogP contribution in [0.2, 0.25) is 0 Å². The van der Waals surface area contributed by atoms with E-state index in [0.717, 1.165) is 19.3 Å². The Morgan fingerprint density at radius 1 is 1.00 bits per heavy atom. The fourth-order valence-electron chi connectivity index (χ4n) is 7.96. The van der Waals surface area contributed by atoms with Gasteiger partial charge in [-0.15, -0.1) is 0 Å². The maximum atomic E-state index is 13.3. The molecule has 3 saturated heterocycles. The minimum absolute atomic E-state index is 0.0152. The van der Waals surface area contributed by atoms with E-state index in [-0.39, 0.29) is 23.9 Å². The van der Waals surface area contributed by atoms with Gasteiger partial charge < -0.3 is 33.3 Å². The second kappa shape index (κ2) is 10.7. The molecule has 1 spiro atoms. The molecular formula is C28H41F2NO9. The summed E-state index contributed by atoms with van der Waals surface area (Å²) in [7, 11) is 0. The molecule has 0 aromatic rings. The molecule has 3 heterocycles. The van der Waals surface area contributed by atoms with Gasteiger partial charge in [0.2, 0.25) is 6.10 Å². The average molecular weight is 574 g/mol. The quantitative estimate of drug-likeness (QED) is 0.333. The van der Waals surface area contributed by atoms with Crippen LogP contribution in [0.15, 0.2) is 0 Å². The van der Waals surface area contributed by atoms with Gasteiger partial charge in [0.15, 0.2) is 24.3 Å². The third-order valence-corrected chi connectivity index (χ3v) is 9.57. The zero-order valence-corrected chi connectivity index (χ0v) is 23.9. The lowest BCUT2D eigenvalue weighted by atomic mass is 9.47. The van der Waals surface area contributed by atoms with Gasteiger partial charge in [0, 0.05) is 31.1 Å². The third kappa shape index (κ3) is 5.13. The Labute approximate surface area is 233 Å². The van der Waals surface area contributed by atoms with Gasteiger partial charge >= 0.3 is 23.8 Å². The molecule has 40 heavy (non-hydrogen) atoms. The highest BCUT2D eigenvalue weighted by Gasteiger charge is 2.72. The molecule has 226 valence electrons. The number of ether oxygens (including phenoxy) is 6. The van der Waals surface area contributed by atoms with Gasteiger partial charge in [-0.2, -0.15) is 8.78 Å². The first-order chi connectivity index (χ1) is 18.8. The van der Waals surface area contributed by atoms with Crippen molar-refractivity contribution in [3.05, 3.63) is 0 Å². The number of rotatable bonds is 7. The minimum atomic E-state index is -3.52. The normalized spacial score (nSPS) is 42.4. The number of esters is 3. The summed E-state index contributed by atoms with van der Waals surface area (Å²) < 4.78 is 61.0. The molecule has 12 heteroatoms. The first kappa shape index (κ1) is 29.6. The fourth-order valence-corrected chi connectivity index (χ4v) is 7.96. The van der Waals surface area contributed by atoms with Crippen molar-refractivity contribution in [2.45, 2.75) is 109 Å². The van der Waals surface area contributed by atoms with Gasteiger partial charge in [0.1, 0.15) is 6.10 Å². The van der Waals surface area contributed by atoms with Crippen LogP contribution < -0.4 is 0 Å².